The molecule has 0 amide bonds. The largest absolute Gasteiger partial charge is 0.496 e. The van der Waals surface area contributed by atoms with Crippen LogP contribution in [0.25, 0.3) is 10.8 Å². The fourth-order valence-corrected chi connectivity index (χ4v) is 1.63. The Morgan fingerprint density at radius 1 is 1.25 bits per heavy atom. The molecule has 2 aromatic rings. The second-order valence-corrected chi connectivity index (χ2v) is 3.23. The minimum Gasteiger partial charge on any atom is -0.496 e. The topological polar surface area (TPSA) is 48.4 Å². The summed E-state index contributed by atoms with van der Waals surface area (Å²) in [6.07, 6.45) is 3.33. The molecule has 0 saturated carbocycles. The van der Waals surface area contributed by atoms with E-state index < -0.39 is 5.97 Å². The highest BCUT2D eigenvalue weighted by Gasteiger charge is 2.16. The SMILES string of the molecule is COC(=O)c1c(OC)ccc2cnccc12. The third-order valence-electron chi connectivity index (χ3n) is 2.39. The summed E-state index contributed by atoms with van der Waals surface area (Å²) in [6.45, 7) is 0. The van der Waals surface area contributed by atoms with Crippen LogP contribution in [0.1, 0.15) is 10.4 Å². The van der Waals surface area contributed by atoms with Crippen LogP contribution in [0.15, 0.2) is 30.6 Å². The van der Waals surface area contributed by atoms with Crippen LogP contribution in [0.3, 0.4) is 0 Å². The number of rotatable bonds is 2. The summed E-state index contributed by atoms with van der Waals surface area (Å²) >= 11 is 0. The van der Waals surface area contributed by atoms with Gasteiger partial charge in [-0.15, -0.1) is 0 Å². The number of pyridine rings is 1. The van der Waals surface area contributed by atoms with E-state index in [1.165, 1.54) is 14.2 Å². The standard InChI is InChI=1S/C12H11NO3/c1-15-10-4-3-8-7-13-6-5-9(8)11(10)12(14)16-2/h3-7H,1-2H3. The number of carbonyl (C=O) groups excluding carboxylic acids is 1. The monoisotopic (exact) mass is 217 g/mol. The maximum atomic E-state index is 11.7. The Hall–Kier alpha value is -2.10. The zero-order valence-corrected chi connectivity index (χ0v) is 9.06. The Morgan fingerprint density at radius 2 is 2.06 bits per heavy atom. The molecule has 0 N–H and O–H groups in total. The molecule has 0 saturated heterocycles. The lowest BCUT2D eigenvalue weighted by Crippen LogP contribution is -2.05. The van der Waals surface area contributed by atoms with E-state index in [-0.39, 0.29) is 0 Å². The number of carbonyl (C=O) groups is 1. The van der Waals surface area contributed by atoms with E-state index in [4.69, 9.17) is 9.47 Å². The zero-order valence-electron chi connectivity index (χ0n) is 9.06. The second kappa shape index (κ2) is 4.18. The van der Waals surface area contributed by atoms with Crippen molar-refractivity contribution in [3.8, 4) is 5.75 Å². The minimum atomic E-state index is -0.409. The smallest absolute Gasteiger partial charge is 0.342 e. The average Bonchev–Trinajstić information content (AvgIpc) is 2.36. The predicted molar refractivity (Wildman–Crippen MR) is 59.6 cm³/mol. The van der Waals surface area contributed by atoms with Crippen molar-refractivity contribution in [2.24, 2.45) is 0 Å². The van der Waals surface area contributed by atoms with E-state index in [1.807, 2.05) is 6.07 Å². The summed E-state index contributed by atoms with van der Waals surface area (Å²) in [6, 6.07) is 5.36. The molecule has 2 rings (SSSR count). The molecule has 1 aromatic carbocycles. The van der Waals surface area contributed by atoms with Gasteiger partial charge in [0, 0.05) is 23.2 Å². The molecule has 4 heteroatoms. The van der Waals surface area contributed by atoms with Crippen LogP contribution in [0, 0.1) is 0 Å². The number of fused-ring (bicyclic) bond motifs is 1. The van der Waals surface area contributed by atoms with E-state index in [2.05, 4.69) is 4.98 Å². The number of esters is 1. The van der Waals surface area contributed by atoms with E-state index >= 15 is 0 Å². The van der Waals surface area contributed by atoms with Crippen LogP contribution in [0.5, 0.6) is 5.75 Å². The van der Waals surface area contributed by atoms with E-state index in [0.29, 0.717) is 11.3 Å². The Morgan fingerprint density at radius 3 is 2.75 bits per heavy atom. The highest BCUT2D eigenvalue weighted by atomic mass is 16.5. The van der Waals surface area contributed by atoms with Crippen LogP contribution in [0.4, 0.5) is 0 Å². The van der Waals surface area contributed by atoms with Crippen LogP contribution in [0.2, 0.25) is 0 Å². The van der Waals surface area contributed by atoms with Gasteiger partial charge in [-0.25, -0.2) is 4.79 Å². The molecule has 82 valence electrons. The summed E-state index contributed by atoms with van der Waals surface area (Å²) in [7, 11) is 2.87. The number of benzene rings is 1. The van der Waals surface area contributed by atoms with Gasteiger partial charge in [0.25, 0.3) is 0 Å². The number of hydrogen-bond donors (Lipinski definition) is 0. The first-order valence-corrected chi connectivity index (χ1v) is 4.77. The maximum absolute atomic E-state index is 11.7. The summed E-state index contributed by atoms with van der Waals surface area (Å²) in [5.41, 5.74) is 0.435. The number of aromatic nitrogens is 1. The maximum Gasteiger partial charge on any atom is 0.342 e. The summed E-state index contributed by atoms with van der Waals surface area (Å²) in [4.78, 5) is 15.7. The van der Waals surface area contributed by atoms with E-state index in [0.717, 1.165) is 10.8 Å². The van der Waals surface area contributed by atoms with Crippen LogP contribution < -0.4 is 4.74 Å². The van der Waals surface area contributed by atoms with Crippen molar-refractivity contribution in [2.45, 2.75) is 0 Å². The van der Waals surface area contributed by atoms with Crippen molar-refractivity contribution in [3.05, 3.63) is 36.2 Å². The fourth-order valence-electron chi connectivity index (χ4n) is 1.63. The molecule has 0 atom stereocenters. The molecule has 0 fully saturated rings. The first-order chi connectivity index (χ1) is 7.77. The van der Waals surface area contributed by atoms with Gasteiger partial charge in [0.05, 0.1) is 14.2 Å². The van der Waals surface area contributed by atoms with Crippen molar-refractivity contribution < 1.29 is 14.3 Å². The minimum absolute atomic E-state index is 0.409. The lowest BCUT2D eigenvalue weighted by atomic mass is 10.1. The Labute approximate surface area is 92.8 Å². The van der Waals surface area contributed by atoms with Gasteiger partial charge in [-0.1, -0.05) is 0 Å². The zero-order chi connectivity index (χ0) is 11.5. The first kappa shape index (κ1) is 10.4. The van der Waals surface area contributed by atoms with Crippen LogP contribution >= 0.6 is 0 Å². The molecule has 1 heterocycles. The lowest BCUT2D eigenvalue weighted by Gasteiger charge is -2.09. The molecule has 1 aromatic heterocycles. The summed E-state index contributed by atoms with van der Waals surface area (Å²) in [5, 5.41) is 1.66. The molecule has 4 nitrogen and oxygen atoms in total. The molecule has 0 aliphatic rings. The second-order valence-electron chi connectivity index (χ2n) is 3.23. The number of nitrogens with zero attached hydrogens (tertiary/aromatic N) is 1. The Kier molecular flexibility index (Phi) is 2.72. The van der Waals surface area contributed by atoms with Crippen molar-refractivity contribution in [2.75, 3.05) is 14.2 Å². The van der Waals surface area contributed by atoms with Crippen molar-refractivity contribution in [1.29, 1.82) is 0 Å². The number of ether oxygens (including phenoxy) is 2. The molecule has 16 heavy (non-hydrogen) atoms. The van der Waals surface area contributed by atoms with Gasteiger partial charge in [0.15, 0.2) is 0 Å². The Bertz CT molecular complexity index is 537. The van der Waals surface area contributed by atoms with Gasteiger partial charge in [-0.2, -0.15) is 0 Å². The molecule has 0 aliphatic heterocycles. The van der Waals surface area contributed by atoms with Gasteiger partial charge < -0.3 is 9.47 Å². The molecular weight excluding hydrogens is 206 g/mol. The third-order valence-corrected chi connectivity index (χ3v) is 2.39. The van der Waals surface area contributed by atoms with E-state index in [1.54, 1.807) is 24.5 Å². The lowest BCUT2D eigenvalue weighted by molar-refractivity contribution is 0.0599. The highest BCUT2D eigenvalue weighted by Crippen LogP contribution is 2.27. The number of hydrogen-bond acceptors (Lipinski definition) is 4. The van der Waals surface area contributed by atoms with Crippen molar-refractivity contribution >= 4 is 16.7 Å². The Balaban J connectivity index is 2.78. The molecule has 0 spiro atoms. The molecule has 0 bridgehead atoms. The molecule has 0 aliphatic carbocycles. The average molecular weight is 217 g/mol. The van der Waals surface area contributed by atoms with E-state index in [9.17, 15) is 4.79 Å². The molecule has 0 radical (unpaired) electrons. The van der Waals surface area contributed by atoms with Crippen LogP contribution in [-0.2, 0) is 4.74 Å². The van der Waals surface area contributed by atoms with Gasteiger partial charge in [0.1, 0.15) is 11.3 Å². The van der Waals surface area contributed by atoms with Gasteiger partial charge in [-0.05, 0) is 18.2 Å². The summed E-state index contributed by atoms with van der Waals surface area (Å²) in [5.74, 6) is 0.0965. The van der Waals surface area contributed by atoms with Gasteiger partial charge in [-0.3, -0.25) is 4.98 Å². The van der Waals surface area contributed by atoms with Gasteiger partial charge >= 0.3 is 5.97 Å². The first-order valence-electron chi connectivity index (χ1n) is 4.77. The van der Waals surface area contributed by atoms with Gasteiger partial charge in [0.2, 0.25) is 0 Å². The van der Waals surface area contributed by atoms with Crippen molar-refractivity contribution in [1.82, 2.24) is 4.98 Å². The predicted octanol–water partition coefficient (Wildman–Crippen LogP) is 2.03. The van der Waals surface area contributed by atoms with Crippen LogP contribution in [-0.4, -0.2) is 25.2 Å². The summed E-state index contributed by atoms with van der Waals surface area (Å²) < 4.78 is 9.90. The quantitative estimate of drug-likeness (QED) is 0.722. The highest BCUT2D eigenvalue weighted by molar-refractivity contribution is 6.06. The normalized spacial score (nSPS) is 10.1. The molecule has 0 unspecified atom stereocenters. The molecular formula is C12H11NO3. The van der Waals surface area contributed by atoms with Crippen molar-refractivity contribution in [3.63, 3.8) is 0 Å². The number of methoxy groups -OCH3 is 2. The third kappa shape index (κ3) is 1.58. The fraction of sp³-hybridized carbons (Fsp3) is 0.167.